The third kappa shape index (κ3) is 3.81. The van der Waals surface area contributed by atoms with Crippen molar-refractivity contribution >= 4 is 5.96 Å². The largest absolute Gasteiger partial charge is 0.356 e. The van der Waals surface area contributed by atoms with Crippen LogP contribution in [0.1, 0.15) is 27.7 Å². The summed E-state index contributed by atoms with van der Waals surface area (Å²) < 4.78 is 0. The van der Waals surface area contributed by atoms with E-state index in [0.29, 0.717) is 5.41 Å². The molecule has 0 aromatic rings. The second-order valence-electron chi connectivity index (χ2n) is 4.84. The van der Waals surface area contributed by atoms with E-state index in [4.69, 9.17) is 0 Å². The maximum Gasteiger partial charge on any atom is 0.191 e. The maximum atomic E-state index is 4.44. The van der Waals surface area contributed by atoms with Gasteiger partial charge in [0.15, 0.2) is 5.96 Å². The van der Waals surface area contributed by atoms with Crippen LogP contribution in [-0.2, 0) is 0 Å². The lowest BCUT2D eigenvalue weighted by Gasteiger charge is -2.29. The molecule has 0 atom stereocenters. The van der Waals surface area contributed by atoms with E-state index >= 15 is 0 Å². The van der Waals surface area contributed by atoms with Crippen LogP contribution in [-0.4, -0.2) is 25.6 Å². The first-order chi connectivity index (χ1) is 6.49. The molecular weight excluding hydrogens is 174 g/mol. The van der Waals surface area contributed by atoms with Crippen LogP contribution in [0.15, 0.2) is 16.6 Å². The fourth-order valence-electron chi connectivity index (χ4n) is 1.20. The van der Waals surface area contributed by atoms with E-state index in [0.717, 1.165) is 25.6 Å². The lowest BCUT2D eigenvalue weighted by molar-refractivity contribution is 0.358. The van der Waals surface area contributed by atoms with Gasteiger partial charge < -0.3 is 10.6 Å². The summed E-state index contributed by atoms with van der Waals surface area (Å²) in [5, 5.41) is 6.55. The zero-order chi connectivity index (χ0) is 10.6. The first kappa shape index (κ1) is 11.1. The van der Waals surface area contributed by atoms with Gasteiger partial charge in [0.1, 0.15) is 0 Å². The van der Waals surface area contributed by atoms with Crippen LogP contribution >= 0.6 is 0 Å². The highest BCUT2D eigenvalue weighted by molar-refractivity contribution is 5.80. The Morgan fingerprint density at radius 3 is 2.79 bits per heavy atom. The Morgan fingerprint density at radius 1 is 1.57 bits per heavy atom. The molecule has 0 aliphatic carbocycles. The van der Waals surface area contributed by atoms with Gasteiger partial charge in [-0.1, -0.05) is 25.5 Å². The Morgan fingerprint density at radius 2 is 2.29 bits per heavy atom. The molecule has 0 aromatic heterocycles. The second-order valence-corrected chi connectivity index (χ2v) is 4.84. The fourth-order valence-corrected chi connectivity index (χ4v) is 1.20. The predicted octanol–water partition coefficient (Wildman–Crippen LogP) is 1.53. The van der Waals surface area contributed by atoms with Gasteiger partial charge in [0.2, 0.25) is 0 Å². The van der Waals surface area contributed by atoms with Gasteiger partial charge in [-0.05, 0) is 13.8 Å². The van der Waals surface area contributed by atoms with E-state index < -0.39 is 0 Å². The van der Waals surface area contributed by atoms with Crippen molar-refractivity contribution in [1.82, 2.24) is 10.6 Å². The van der Waals surface area contributed by atoms with E-state index in [1.54, 1.807) is 0 Å². The average molecular weight is 195 g/mol. The van der Waals surface area contributed by atoms with E-state index in [1.165, 1.54) is 5.57 Å². The van der Waals surface area contributed by atoms with Gasteiger partial charge in [0.25, 0.3) is 0 Å². The number of nitrogens with one attached hydrogen (secondary N) is 2. The quantitative estimate of drug-likeness (QED) is 0.656. The standard InChI is InChI=1S/C11H21N3/c1-9(2)5-6-12-10-13-7-11(3,4)8-14-10/h5H,6-8H2,1-4H3,(H2,12,13,14). The molecule has 80 valence electrons. The van der Waals surface area contributed by atoms with Crippen LogP contribution < -0.4 is 10.6 Å². The maximum absolute atomic E-state index is 4.44. The van der Waals surface area contributed by atoms with Crippen LogP contribution in [0.3, 0.4) is 0 Å². The van der Waals surface area contributed by atoms with Crippen molar-refractivity contribution in [2.45, 2.75) is 27.7 Å². The normalized spacial score (nSPS) is 19.3. The monoisotopic (exact) mass is 195 g/mol. The summed E-state index contributed by atoms with van der Waals surface area (Å²) in [6.45, 7) is 11.4. The zero-order valence-electron chi connectivity index (χ0n) is 9.65. The molecule has 0 aromatic carbocycles. The fraction of sp³-hybridized carbons (Fsp3) is 0.727. The summed E-state index contributed by atoms with van der Waals surface area (Å²) in [6.07, 6.45) is 2.16. The van der Waals surface area contributed by atoms with Gasteiger partial charge in [-0.15, -0.1) is 0 Å². The summed E-state index contributed by atoms with van der Waals surface area (Å²) in [5.74, 6) is 0.932. The average Bonchev–Trinajstić information content (AvgIpc) is 2.07. The molecule has 14 heavy (non-hydrogen) atoms. The number of aliphatic imine (C=N–C) groups is 1. The van der Waals surface area contributed by atoms with Gasteiger partial charge in [-0.2, -0.15) is 0 Å². The van der Waals surface area contributed by atoms with Crippen LogP contribution in [0.5, 0.6) is 0 Å². The van der Waals surface area contributed by atoms with Crippen LogP contribution in [0, 0.1) is 5.41 Å². The summed E-state index contributed by atoms with van der Waals surface area (Å²) in [5.41, 5.74) is 1.62. The molecule has 1 heterocycles. The Balaban J connectivity index is 2.34. The molecule has 1 rings (SSSR count). The van der Waals surface area contributed by atoms with Crippen molar-refractivity contribution in [3.63, 3.8) is 0 Å². The Bertz CT molecular complexity index is 247. The molecule has 3 nitrogen and oxygen atoms in total. The Labute approximate surface area is 86.7 Å². The van der Waals surface area contributed by atoms with Gasteiger partial charge in [0, 0.05) is 25.0 Å². The molecule has 1 aliphatic rings. The molecule has 0 unspecified atom stereocenters. The second kappa shape index (κ2) is 4.49. The molecule has 0 fully saturated rings. The zero-order valence-corrected chi connectivity index (χ0v) is 9.65. The van der Waals surface area contributed by atoms with Gasteiger partial charge in [-0.3, -0.25) is 4.99 Å². The van der Waals surface area contributed by atoms with Crippen LogP contribution in [0.2, 0.25) is 0 Å². The lowest BCUT2D eigenvalue weighted by Crippen LogP contribution is -2.47. The highest BCUT2D eigenvalue weighted by Gasteiger charge is 2.21. The first-order valence-corrected chi connectivity index (χ1v) is 5.15. The summed E-state index contributed by atoms with van der Waals surface area (Å²) >= 11 is 0. The van der Waals surface area contributed by atoms with Crippen molar-refractivity contribution in [3.05, 3.63) is 11.6 Å². The third-order valence-corrected chi connectivity index (χ3v) is 2.18. The summed E-state index contributed by atoms with van der Waals surface area (Å²) in [4.78, 5) is 4.44. The minimum Gasteiger partial charge on any atom is -0.356 e. The highest BCUT2D eigenvalue weighted by atomic mass is 15.2. The molecule has 0 saturated heterocycles. The minimum atomic E-state index is 0.293. The summed E-state index contributed by atoms with van der Waals surface area (Å²) in [6, 6.07) is 0. The topological polar surface area (TPSA) is 36.4 Å². The van der Waals surface area contributed by atoms with E-state index in [1.807, 2.05) is 0 Å². The Hall–Kier alpha value is -0.990. The van der Waals surface area contributed by atoms with Gasteiger partial charge in [0.05, 0.1) is 0 Å². The molecule has 0 amide bonds. The third-order valence-electron chi connectivity index (χ3n) is 2.18. The molecular formula is C11H21N3. The van der Waals surface area contributed by atoms with Crippen LogP contribution in [0.25, 0.3) is 0 Å². The number of hydrogen-bond donors (Lipinski definition) is 2. The minimum absolute atomic E-state index is 0.293. The number of allylic oxidation sites excluding steroid dienone is 1. The van der Waals surface area contributed by atoms with E-state index in [2.05, 4.69) is 49.4 Å². The van der Waals surface area contributed by atoms with Gasteiger partial charge >= 0.3 is 0 Å². The van der Waals surface area contributed by atoms with Crippen molar-refractivity contribution in [2.75, 3.05) is 19.6 Å². The predicted molar refractivity (Wildman–Crippen MR) is 61.5 cm³/mol. The number of rotatable bonds is 2. The van der Waals surface area contributed by atoms with Crippen molar-refractivity contribution in [1.29, 1.82) is 0 Å². The smallest absolute Gasteiger partial charge is 0.191 e. The lowest BCUT2D eigenvalue weighted by atomic mass is 9.93. The van der Waals surface area contributed by atoms with Crippen molar-refractivity contribution in [2.24, 2.45) is 10.4 Å². The summed E-state index contributed by atoms with van der Waals surface area (Å²) in [7, 11) is 0. The van der Waals surface area contributed by atoms with E-state index in [9.17, 15) is 0 Å². The Kier molecular flexibility index (Phi) is 3.55. The molecule has 0 saturated carbocycles. The van der Waals surface area contributed by atoms with Crippen molar-refractivity contribution < 1.29 is 0 Å². The van der Waals surface area contributed by atoms with Gasteiger partial charge in [-0.25, -0.2) is 0 Å². The molecule has 2 N–H and O–H groups in total. The molecule has 1 aliphatic heterocycles. The van der Waals surface area contributed by atoms with Crippen molar-refractivity contribution in [3.8, 4) is 0 Å². The highest BCUT2D eigenvalue weighted by Crippen LogP contribution is 2.15. The first-order valence-electron chi connectivity index (χ1n) is 5.15. The number of guanidine groups is 1. The molecule has 0 bridgehead atoms. The molecule has 0 spiro atoms. The molecule has 0 radical (unpaired) electrons. The van der Waals surface area contributed by atoms with Crippen LogP contribution in [0.4, 0.5) is 0 Å². The molecule has 3 heteroatoms. The SMILES string of the molecule is CC(C)=CCNC1=NCC(C)(C)CN1. The van der Waals surface area contributed by atoms with E-state index in [-0.39, 0.29) is 0 Å². The number of nitrogens with zero attached hydrogens (tertiary/aromatic N) is 1. The number of hydrogen-bond acceptors (Lipinski definition) is 3.